The van der Waals surface area contributed by atoms with E-state index in [1.165, 1.54) is 6.08 Å². The van der Waals surface area contributed by atoms with Crippen LogP contribution < -0.4 is 0 Å². The Labute approximate surface area is 103 Å². The third-order valence-electron chi connectivity index (χ3n) is 1.77. The molecule has 0 atom stereocenters. The van der Waals surface area contributed by atoms with Gasteiger partial charge in [0.2, 0.25) is 0 Å². The van der Waals surface area contributed by atoms with Crippen LogP contribution >= 0.6 is 0 Å². The number of hydrogen-bond acceptors (Lipinski definition) is 4. The Hall–Kier alpha value is -2.69. The number of benzene rings is 1. The van der Waals surface area contributed by atoms with E-state index in [-0.39, 0.29) is 0 Å². The number of ether oxygens (including phenoxy) is 1. The third-order valence-corrected chi connectivity index (χ3v) is 1.77. The highest BCUT2D eigenvalue weighted by molar-refractivity contribution is 6.00. The molecule has 0 bridgehead atoms. The Morgan fingerprint density at radius 3 is 2.17 bits per heavy atom. The molecule has 0 unspecified atom stereocenters. The van der Waals surface area contributed by atoms with Gasteiger partial charge in [0.1, 0.15) is 0 Å². The first kappa shape index (κ1) is 13.4. The molecule has 1 aromatic carbocycles. The quantitative estimate of drug-likeness (QED) is 0.493. The average molecular weight is 246 g/mol. The Morgan fingerprint density at radius 2 is 1.56 bits per heavy atom. The van der Waals surface area contributed by atoms with Gasteiger partial charge in [-0.05, 0) is 11.6 Å². The zero-order valence-electron chi connectivity index (χ0n) is 9.28. The summed E-state index contributed by atoms with van der Waals surface area (Å²) in [5, 5.41) is 8.26. The summed E-state index contributed by atoms with van der Waals surface area (Å²) in [6.07, 6.45) is 3.82. The fourth-order valence-electron chi connectivity index (χ4n) is 1.03. The number of aliphatic carboxylic acids is 1. The van der Waals surface area contributed by atoms with E-state index in [0.717, 1.165) is 11.6 Å². The lowest BCUT2D eigenvalue weighted by molar-refractivity contribution is -0.152. The minimum absolute atomic E-state index is 0.594. The lowest BCUT2D eigenvalue weighted by Crippen LogP contribution is -2.07. The highest BCUT2D eigenvalue weighted by Crippen LogP contribution is 2.01. The summed E-state index contributed by atoms with van der Waals surface area (Å²) in [5.41, 5.74) is 0.781. The van der Waals surface area contributed by atoms with Gasteiger partial charge in [0.15, 0.2) is 0 Å². The topological polar surface area (TPSA) is 80.7 Å². The molecule has 1 aromatic rings. The van der Waals surface area contributed by atoms with Crippen molar-refractivity contribution in [2.24, 2.45) is 0 Å². The fraction of sp³-hybridized carbons (Fsp3) is 0. The van der Waals surface area contributed by atoms with Crippen LogP contribution in [0.15, 0.2) is 48.6 Å². The molecule has 0 fully saturated rings. The van der Waals surface area contributed by atoms with Crippen LogP contribution in [0.2, 0.25) is 0 Å². The van der Waals surface area contributed by atoms with Crippen molar-refractivity contribution in [1.82, 2.24) is 0 Å². The first-order valence-electron chi connectivity index (χ1n) is 4.98. The van der Waals surface area contributed by atoms with Crippen LogP contribution in [0.4, 0.5) is 0 Å². The summed E-state index contributed by atoms with van der Waals surface area (Å²) in [4.78, 5) is 32.2. The summed E-state index contributed by atoms with van der Waals surface area (Å²) in [6.45, 7) is 0. The third kappa shape index (κ3) is 5.41. The van der Waals surface area contributed by atoms with Gasteiger partial charge in [0.25, 0.3) is 0 Å². The van der Waals surface area contributed by atoms with E-state index >= 15 is 0 Å². The van der Waals surface area contributed by atoms with Crippen molar-refractivity contribution in [1.29, 1.82) is 0 Å². The van der Waals surface area contributed by atoms with Crippen LogP contribution in [0.5, 0.6) is 0 Å². The Balaban J connectivity index is 2.50. The van der Waals surface area contributed by atoms with E-state index in [1.54, 1.807) is 24.3 Å². The molecule has 5 heteroatoms. The summed E-state index contributed by atoms with van der Waals surface area (Å²) < 4.78 is 4.31. The van der Waals surface area contributed by atoms with Crippen molar-refractivity contribution >= 4 is 24.0 Å². The van der Waals surface area contributed by atoms with Crippen LogP contribution in [0, 0.1) is 0 Å². The second-order valence-electron chi connectivity index (χ2n) is 3.16. The maximum atomic E-state index is 11.2. The summed E-state index contributed by atoms with van der Waals surface area (Å²) in [6, 6.07) is 8.97. The predicted molar refractivity (Wildman–Crippen MR) is 63.4 cm³/mol. The van der Waals surface area contributed by atoms with Crippen molar-refractivity contribution in [2.45, 2.75) is 0 Å². The van der Waals surface area contributed by atoms with Gasteiger partial charge in [0.05, 0.1) is 0 Å². The zero-order valence-corrected chi connectivity index (χ0v) is 9.28. The largest absolute Gasteiger partial charge is 0.478 e. The molecule has 18 heavy (non-hydrogen) atoms. The molecule has 0 saturated heterocycles. The van der Waals surface area contributed by atoms with Crippen LogP contribution in [0.3, 0.4) is 0 Å². The molecule has 0 aliphatic carbocycles. The highest BCUT2D eigenvalue weighted by atomic mass is 16.6. The van der Waals surface area contributed by atoms with Crippen molar-refractivity contribution < 1.29 is 24.2 Å². The SMILES string of the molecule is O=C(O)C=CC(=O)OC(=O)C=Cc1ccccc1. The van der Waals surface area contributed by atoms with Crippen molar-refractivity contribution in [2.75, 3.05) is 0 Å². The first-order chi connectivity index (χ1) is 8.58. The molecule has 0 aliphatic rings. The van der Waals surface area contributed by atoms with Gasteiger partial charge in [-0.3, -0.25) is 0 Å². The van der Waals surface area contributed by atoms with Gasteiger partial charge >= 0.3 is 17.9 Å². The maximum Gasteiger partial charge on any atom is 0.338 e. The van der Waals surface area contributed by atoms with Crippen molar-refractivity contribution in [3.8, 4) is 0 Å². The van der Waals surface area contributed by atoms with Gasteiger partial charge in [-0.15, -0.1) is 0 Å². The molecule has 0 amide bonds. The van der Waals surface area contributed by atoms with Crippen molar-refractivity contribution in [3.05, 3.63) is 54.1 Å². The van der Waals surface area contributed by atoms with Crippen LogP contribution in [-0.4, -0.2) is 23.0 Å². The molecule has 0 aromatic heterocycles. The Kier molecular flexibility index (Phi) is 5.05. The highest BCUT2D eigenvalue weighted by Gasteiger charge is 2.03. The summed E-state index contributed by atoms with van der Waals surface area (Å²) in [7, 11) is 0. The van der Waals surface area contributed by atoms with E-state index in [0.29, 0.717) is 12.2 Å². The lowest BCUT2D eigenvalue weighted by Gasteiger charge is -1.94. The number of carboxylic acids is 1. The molecule has 0 heterocycles. The van der Waals surface area contributed by atoms with E-state index in [1.807, 2.05) is 6.07 Å². The summed E-state index contributed by atoms with van der Waals surface area (Å²) >= 11 is 0. The van der Waals surface area contributed by atoms with Crippen LogP contribution in [-0.2, 0) is 19.1 Å². The standard InChI is InChI=1S/C13H10O5/c14-11(15)7-9-13(17)18-12(16)8-6-10-4-2-1-3-5-10/h1-9H,(H,14,15). The fourth-order valence-corrected chi connectivity index (χ4v) is 1.03. The van der Waals surface area contributed by atoms with E-state index < -0.39 is 17.9 Å². The van der Waals surface area contributed by atoms with Crippen LogP contribution in [0.1, 0.15) is 5.56 Å². The van der Waals surface area contributed by atoms with Gasteiger partial charge in [-0.25, -0.2) is 14.4 Å². The van der Waals surface area contributed by atoms with Crippen molar-refractivity contribution in [3.63, 3.8) is 0 Å². The average Bonchev–Trinajstić information content (AvgIpc) is 2.35. The maximum absolute atomic E-state index is 11.2. The molecule has 0 radical (unpaired) electrons. The number of carbonyl (C=O) groups is 3. The van der Waals surface area contributed by atoms with E-state index in [4.69, 9.17) is 5.11 Å². The normalized spacial score (nSPS) is 10.7. The number of hydrogen-bond donors (Lipinski definition) is 1. The van der Waals surface area contributed by atoms with E-state index in [9.17, 15) is 14.4 Å². The molecular weight excluding hydrogens is 236 g/mol. The predicted octanol–water partition coefficient (Wildman–Crippen LogP) is 1.41. The molecule has 5 nitrogen and oxygen atoms in total. The first-order valence-corrected chi connectivity index (χ1v) is 4.98. The van der Waals surface area contributed by atoms with E-state index in [2.05, 4.69) is 4.74 Å². The zero-order chi connectivity index (χ0) is 13.4. The molecule has 92 valence electrons. The monoisotopic (exact) mass is 246 g/mol. The lowest BCUT2D eigenvalue weighted by atomic mass is 10.2. The Bertz CT molecular complexity index is 499. The molecule has 0 saturated carbocycles. The molecule has 1 rings (SSSR count). The molecule has 0 aliphatic heterocycles. The van der Waals surface area contributed by atoms with Crippen LogP contribution in [0.25, 0.3) is 6.08 Å². The molecule has 0 spiro atoms. The summed E-state index contributed by atoms with van der Waals surface area (Å²) in [5.74, 6) is -3.18. The minimum Gasteiger partial charge on any atom is -0.478 e. The van der Waals surface area contributed by atoms with Gasteiger partial charge in [-0.1, -0.05) is 30.3 Å². The van der Waals surface area contributed by atoms with Gasteiger partial charge < -0.3 is 9.84 Å². The van der Waals surface area contributed by atoms with Gasteiger partial charge in [-0.2, -0.15) is 0 Å². The smallest absolute Gasteiger partial charge is 0.338 e. The number of rotatable bonds is 4. The molecule has 1 N–H and O–H groups in total. The number of carbonyl (C=O) groups excluding carboxylic acids is 2. The number of carboxylic acid groups (broad SMARTS) is 1. The number of esters is 2. The molecular formula is C13H10O5. The Morgan fingerprint density at radius 1 is 0.944 bits per heavy atom. The second kappa shape index (κ2) is 6.80. The minimum atomic E-state index is -1.29. The van der Waals surface area contributed by atoms with Gasteiger partial charge in [0, 0.05) is 18.2 Å². The second-order valence-corrected chi connectivity index (χ2v) is 3.16.